The molecule has 0 saturated carbocycles. The molecule has 0 aromatic heterocycles. The molecule has 0 aliphatic rings. The van der Waals surface area contributed by atoms with E-state index in [4.69, 9.17) is 17.2 Å². The van der Waals surface area contributed by atoms with E-state index in [1.165, 1.54) is 25.6 Å². The van der Waals surface area contributed by atoms with Gasteiger partial charge in [-0.1, -0.05) is 44.2 Å². The number of rotatable bonds is 33. The van der Waals surface area contributed by atoms with Crippen molar-refractivity contribution in [1.29, 1.82) is 0 Å². The highest BCUT2D eigenvalue weighted by atomic mass is 32.2. The minimum Gasteiger partial charge on any atom is -0.480 e. The fourth-order valence-electron chi connectivity index (χ4n) is 6.22. The van der Waals surface area contributed by atoms with E-state index < -0.39 is 138 Å². The first-order valence-electron chi connectivity index (χ1n) is 22.3. The van der Waals surface area contributed by atoms with Crippen LogP contribution in [0, 0.1) is 5.92 Å². The molecule has 0 spiro atoms. The Balaban J connectivity index is 3.23. The van der Waals surface area contributed by atoms with Crippen LogP contribution in [-0.2, 0) is 64.0 Å². The fraction of sp³-hybridized carbons (Fsp3) is 0.581. The van der Waals surface area contributed by atoms with Gasteiger partial charge >= 0.3 is 5.97 Å². The second-order valence-corrected chi connectivity index (χ2v) is 18.4. The fourth-order valence-corrected chi connectivity index (χ4v) is 7.19. The maximum absolute atomic E-state index is 13.8. The van der Waals surface area contributed by atoms with Gasteiger partial charge in [-0.05, 0) is 56.6 Å². The Morgan fingerprint density at radius 3 is 1.59 bits per heavy atom. The van der Waals surface area contributed by atoms with E-state index in [1.54, 1.807) is 50.4 Å². The Hall–Kier alpha value is -6.13. The number of nitrogens with one attached hydrogen (secondary N) is 9. The maximum Gasteiger partial charge on any atom is 0.327 e. The predicted octanol–water partition coefficient (Wildman–Crippen LogP) is -4.52. The van der Waals surface area contributed by atoms with E-state index in [0.29, 0.717) is 11.3 Å². The van der Waals surface area contributed by atoms with Gasteiger partial charge in [0, 0.05) is 24.3 Å². The van der Waals surface area contributed by atoms with Crippen LogP contribution in [0.25, 0.3) is 0 Å². The summed E-state index contributed by atoms with van der Waals surface area (Å²) in [5.74, 6) is -11.3. The summed E-state index contributed by atoms with van der Waals surface area (Å²) >= 11 is 9.32. The number of aliphatic carboxylic acids is 1. The number of nitrogens with two attached hydrogens (primary N) is 3. The van der Waals surface area contributed by atoms with Gasteiger partial charge in [0.1, 0.15) is 48.3 Å². The molecule has 1 rings (SSSR count). The Morgan fingerprint density at radius 2 is 1.07 bits per heavy atom. The van der Waals surface area contributed by atoms with Crippen molar-refractivity contribution in [3.63, 3.8) is 0 Å². The molecule has 396 valence electrons. The average Bonchev–Trinajstić information content (AvgIpc) is 3.30. The molecule has 71 heavy (non-hydrogen) atoms. The summed E-state index contributed by atoms with van der Waals surface area (Å²) in [5.41, 5.74) is 16.7. The first-order chi connectivity index (χ1) is 33.3. The Bertz CT molecular complexity index is 2040. The zero-order valence-electron chi connectivity index (χ0n) is 40.1. The number of carbonyl (C=O) groups is 12. The monoisotopic (exact) mass is 1060 g/mol. The van der Waals surface area contributed by atoms with Gasteiger partial charge in [-0.2, -0.15) is 37.0 Å². The summed E-state index contributed by atoms with van der Waals surface area (Å²) < 4.78 is 0. The summed E-state index contributed by atoms with van der Waals surface area (Å²) in [5, 5.41) is 31.3. The van der Waals surface area contributed by atoms with Gasteiger partial charge in [-0.3, -0.25) is 52.7 Å². The van der Waals surface area contributed by atoms with Gasteiger partial charge in [-0.25, -0.2) is 4.79 Å². The highest BCUT2D eigenvalue weighted by molar-refractivity contribution is 7.98. The number of carboxylic acid groups (broad SMARTS) is 1. The van der Waals surface area contributed by atoms with Crippen molar-refractivity contribution in [1.82, 2.24) is 47.9 Å². The van der Waals surface area contributed by atoms with Crippen molar-refractivity contribution in [3.8, 4) is 0 Å². The van der Waals surface area contributed by atoms with E-state index in [9.17, 15) is 62.6 Å². The molecule has 0 bridgehead atoms. The number of carbonyl (C=O) groups excluding carboxylic acids is 11. The summed E-state index contributed by atoms with van der Waals surface area (Å²) in [7, 11) is 0. The summed E-state index contributed by atoms with van der Waals surface area (Å²) in [4.78, 5) is 154. The third-order valence-electron chi connectivity index (χ3n) is 10.1. The summed E-state index contributed by atoms with van der Waals surface area (Å²) in [6.07, 6.45) is 0.387. The molecule has 16 N–H and O–H groups in total. The van der Waals surface area contributed by atoms with Crippen LogP contribution in [-0.4, -0.2) is 160 Å². The zero-order valence-corrected chi connectivity index (χ0v) is 42.7. The Labute approximate surface area is 426 Å². The Morgan fingerprint density at radius 1 is 0.577 bits per heavy atom. The minimum atomic E-state index is -1.58. The lowest BCUT2D eigenvalue weighted by molar-refractivity contribution is -0.141. The molecule has 25 nitrogen and oxygen atoms in total. The topological polar surface area (TPSA) is 411 Å². The number of hydrogen-bond acceptors (Lipinski definition) is 16. The average molecular weight is 1060 g/mol. The van der Waals surface area contributed by atoms with Crippen molar-refractivity contribution in [2.45, 2.75) is 121 Å². The predicted molar refractivity (Wildman–Crippen MR) is 268 cm³/mol. The number of benzene rings is 1. The van der Waals surface area contributed by atoms with Crippen LogP contribution in [0.3, 0.4) is 0 Å². The van der Waals surface area contributed by atoms with Crippen LogP contribution in [0.5, 0.6) is 0 Å². The normalized spacial score (nSPS) is 14.7. The number of amides is 11. The number of thioether (sulfide) groups is 1. The Kier molecular flexibility index (Phi) is 29.0. The number of carboxylic acids is 1. The van der Waals surface area contributed by atoms with Crippen LogP contribution in [0.2, 0.25) is 0 Å². The van der Waals surface area contributed by atoms with Crippen molar-refractivity contribution in [2.24, 2.45) is 23.1 Å². The molecule has 1 aromatic carbocycles. The second-order valence-electron chi connectivity index (χ2n) is 16.7. The van der Waals surface area contributed by atoms with Gasteiger partial charge in [0.05, 0.1) is 19.0 Å². The number of primary amides is 2. The summed E-state index contributed by atoms with van der Waals surface area (Å²) in [6, 6.07) is -3.50. The van der Waals surface area contributed by atoms with Gasteiger partial charge < -0.3 is 70.2 Å². The van der Waals surface area contributed by atoms with Crippen molar-refractivity contribution in [3.05, 3.63) is 35.9 Å². The van der Waals surface area contributed by atoms with Gasteiger partial charge in [0.15, 0.2) is 0 Å². The lowest BCUT2D eigenvalue weighted by atomic mass is 10.0. The second kappa shape index (κ2) is 32.7. The molecular formula is C43H68N12O13S3. The molecule has 1 aromatic rings. The number of thiol groups is 2. The molecule has 0 aliphatic carbocycles. The van der Waals surface area contributed by atoms with E-state index in [1.807, 2.05) is 0 Å². The van der Waals surface area contributed by atoms with E-state index in [-0.39, 0.29) is 49.5 Å². The van der Waals surface area contributed by atoms with Gasteiger partial charge in [0.2, 0.25) is 65.0 Å². The van der Waals surface area contributed by atoms with Crippen LogP contribution >= 0.6 is 37.0 Å². The standard InChI is InChI=1S/C43H68N12O13S3/c1-21(2)15-27(52-39(63)26(13-14-71-5)49-34(58)18-47-37(61)29(17-33(46)57)53-42(66)30(19-69)54-35(59)22(3)44)40(64)48-23(4)36(60)51-28(16-24-9-7-6-8-10-24)41(65)50-25(11-12-32(45)56)38(62)55-31(20-70)43(67)68/h6-10,21-23,25-31,69-70H,11-20,44H2,1-5H3,(H2,45,56)(H2,46,57)(H,47,61)(H,48,64)(H,49,58)(H,50,65)(H,51,60)(H,52,63)(H,53,66)(H,54,59)(H,55,62)(H,67,68)/t22-,23-,25-,26-,27-,28-,29-,30-,31-/m0/s1. The lowest BCUT2D eigenvalue weighted by Crippen LogP contribution is -2.59. The molecule has 0 aliphatic heterocycles. The highest BCUT2D eigenvalue weighted by Crippen LogP contribution is 2.10. The van der Waals surface area contributed by atoms with Crippen LogP contribution in [0.15, 0.2) is 30.3 Å². The largest absolute Gasteiger partial charge is 0.480 e. The minimum absolute atomic E-state index is 0.0604. The van der Waals surface area contributed by atoms with Gasteiger partial charge in [-0.15, -0.1) is 0 Å². The van der Waals surface area contributed by atoms with Crippen LogP contribution < -0.4 is 65.1 Å². The molecule has 0 fully saturated rings. The summed E-state index contributed by atoms with van der Waals surface area (Å²) in [6.45, 7) is 5.50. The molecular weight excluding hydrogens is 989 g/mol. The first-order valence-corrected chi connectivity index (χ1v) is 25.0. The first kappa shape index (κ1) is 62.9. The lowest BCUT2D eigenvalue weighted by Gasteiger charge is -2.27. The molecule has 28 heteroatoms. The van der Waals surface area contributed by atoms with Gasteiger partial charge in [0.25, 0.3) is 0 Å². The third kappa shape index (κ3) is 24.5. The smallest absolute Gasteiger partial charge is 0.327 e. The third-order valence-corrected chi connectivity index (χ3v) is 11.4. The molecule has 0 saturated heterocycles. The number of hydrogen-bond donors (Lipinski definition) is 15. The highest BCUT2D eigenvalue weighted by Gasteiger charge is 2.34. The van der Waals surface area contributed by atoms with Crippen molar-refractivity contribution in [2.75, 3.05) is 30.1 Å². The molecule has 9 atom stereocenters. The molecule has 0 radical (unpaired) electrons. The van der Waals surface area contributed by atoms with Crippen molar-refractivity contribution >= 4 is 108 Å². The quantitative estimate of drug-likeness (QED) is 0.0295. The maximum atomic E-state index is 13.8. The molecule has 0 heterocycles. The molecule has 0 unspecified atom stereocenters. The molecule has 11 amide bonds. The van der Waals surface area contributed by atoms with E-state index in [2.05, 4.69) is 73.1 Å². The van der Waals surface area contributed by atoms with Crippen LogP contribution in [0.4, 0.5) is 0 Å². The van der Waals surface area contributed by atoms with Crippen molar-refractivity contribution < 1.29 is 62.6 Å². The van der Waals surface area contributed by atoms with E-state index >= 15 is 0 Å². The van der Waals surface area contributed by atoms with E-state index in [0.717, 1.165) is 0 Å². The van der Waals surface area contributed by atoms with Crippen LogP contribution in [0.1, 0.15) is 65.4 Å². The SMILES string of the molecule is CSCC[C@H](NC(=O)CNC(=O)[C@H](CC(N)=O)NC(=O)[C@H](CS)NC(=O)[C@H](C)N)C(=O)N[C@@H](CC(C)C)C(=O)N[C@@H](C)C(=O)N[C@@H](Cc1ccccc1)C(=O)N[C@@H](CCC(N)=O)C(=O)N[C@@H](CS)C(=O)O. The zero-order chi connectivity index (χ0) is 54.0.